The molecule has 0 fully saturated rings. The maximum atomic E-state index is 4.47. The second-order valence-corrected chi connectivity index (χ2v) is 5.57. The number of fused-ring (bicyclic) bond motifs is 5. The first-order chi connectivity index (χ1) is 8.84. The number of aromatic nitrogens is 1. The van der Waals surface area contributed by atoms with Crippen molar-refractivity contribution in [1.29, 1.82) is 0 Å². The summed E-state index contributed by atoms with van der Waals surface area (Å²) in [5.41, 5.74) is 1.33. The first-order valence-corrected chi connectivity index (χ1v) is 6.82. The van der Waals surface area contributed by atoms with Crippen LogP contribution in [0.5, 0.6) is 0 Å². The fraction of sp³-hybridized carbons (Fsp3) is 0.0625. The summed E-state index contributed by atoms with van der Waals surface area (Å²) in [6, 6.07) is 15.1. The lowest BCUT2D eigenvalue weighted by Crippen LogP contribution is -1.78. The van der Waals surface area contributed by atoms with Gasteiger partial charge in [0.2, 0.25) is 0 Å². The van der Waals surface area contributed by atoms with Crippen molar-refractivity contribution < 1.29 is 0 Å². The highest BCUT2D eigenvalue weighted by Gasteiger charge is 2.10. The summed E-state index contributed by atoms with van der Waals surface area (Å²) in [6.45, 7) is 2.18. The number of aryl methyl sites for hydroxylation is 1. The minimum atomic E-state index is 1.13. The van der Waals surface area contributed by atoms with Crippen molar-refractivity contribution in [3.8, 4) is 0 Å². The van der Waals surface area contributed by atoms with Gasteiger partial charge in [-0.15, -0.1) is 11.3 Å². The molecular weight excluding hydrogens is 238 g/mol. The van der Waals surface area contributed by atoms with E-state index in [4.69, 9.17) is 0 Å². The summed E-state index contributed by atoms with van der Waals surface area (Å²) in [7, 11) is 0. The van der Waals surface area contributed by atoms with E-state index in [-0.39, 0.29) is 0 Å². The Balaban J connectivity index is 2.36. The standard InChI is InChI=1S/C16H11NS/c1-10-9-14-13-7-4-8-17-16(13)18-15(14)12-6-3-2-5-11(10)12/h2-9H,1H3. The van der Waals surface area contributed by atoms with Crippen LogP contribution < -0.4 is 0 Å². The van der Waals surface area contributed by atoms with Gasteiger partial charge in [-0.3, -0.25) is 0 Å². The zero-order valence-electron chi connectivity index (χ0n) is 9.97. The van der Waals surface area contributed by atoms with Crippen LogP contribution >= 0.6 is 11.3 Å². The van der Waals surface area contributed by atoms with Crippen molar-refractivity contribution in [2.45, 2.75) is 6.92 Å². The van der Waals surface area contributed by atoms with Gasteiger partial charge in [0.1, 0.15) is 4.83 Å². The van der Waals surface area contributed by atoms with E-state index in [9.17, 15) is 0 Å². The minimum absolute atomic E-state index is 1.13. The van der Waals surface area contributed by atoms with Gasteiger partial charge in [-0.05, 0) is 41.5 Å². The molecule has 0 unspecified atom stereocenters. The summed E-state index contributed by atoms with van der Waals surface area (Å²) >= 11 is 1.79. The third-order valence-electron chi connectivity index (χ3n) is 3.46. The Hall–Kier alpha value is -1.93. The SMILES string of the molecule is Cc1cc2c3cccnc3sc2c2ccccc12. The number of benzene rings is 2. The molecule has 0 aliphatic carbocycles. The number of rotatable bonds is 0. The molecule has 0 bridgehead atoms. The van der Waals surface area contributed by atoms with Crippen LogP contribution in [-0.2, 0) is 0 Å². The Labute approximate surface area is 109 Å². The lowest BCUT2D eigenvalue weighted by atomic mass is 10.0. The number of pyridine rings is 1. The summed E-state index contributed by atoms with van der Waals surface area (Å²) in [5.74, 6) is 0. The van der Waals surface area contributed by atoms with Gasteiger partial charge in [-0.1, -0.05) is 24.3 Å². The second-order valence-electron chi connectivity index (χ2n) is 4.57. The van der Waals surface area contributed by atoms with Gasteiger partial charge in [-0.2, -0.15) is 0 Å². The van der Waals surface area contributed by atoms with E-state index in [0.717, 1.165) is 4.83 Å². The molecule has 4 aromatic rings. The van der Waals surface area contributed by atoms with E-state index in [0.29, 0.717) is 0 Å². The molecule has 18 heavy (non-hydrogen) atoms. The Morgan fingerprint density at radius 1 is 0.889 bits per heavy atom. The predicted molar refractivity (Wildman–Crippen MR) is 79.4 cm³/mol. The Bertz CT molecular complexity index is 889. The fourth-order valence-corrected chi connectivity index (χ4v) is 3.78. The summed E-state index contributed by atoms with van der Waals surface area (Å²) in [4.78, 5) is 5.60. The average Bonchev–Trinajstić information content (AvgIpc) is 2.78. The summed E-state index contributed by atoms with van der Waals surface area (Å²) in [5, 5.41) is 5.29. The van der Waals surface area contributed by atoms with Gasteiger partial charge < -0.3 is 0 Å². The van der Waals surface area contributed by atoms with Gasteiger partial charge in [0.25, 0.3) is 0 Å². The molecular formula is C16H11NS. The zero-order valence-corrected chi connectivity index (χ0v) is 10.8. The largest absolute Gasteiger partial charge is 0.245 e. The molecule has 2 heterocycles. The normalized spacial score (nSPS) is 11.6. The summed E-state index contributed by atoms with van der Waals surface area (Å²) < 4.78 is 1.35. The molecule has 1 nitrogen and oxygen atoms in total. The Morgan fingerprint density at radius 2 is 1.67 bits per heavy atom. The third kappa shape index (κ3) is 1.24. The van der Waals surface area contributed by atoms with Gasteiger partial charge in [-0.25, -0.2) is 4.98 Å². The quantitative estimate of drug-likeness (QED) is 0.431. The predicted octanol–water partition coefficient (Wildman–Crippen LogP) is 4.91. The summed E-state index contributed by atoms with van der Waals surface area (Å²) in [6.07, 6.45) is 1.87. The van der Waals surface area contributed by atoms with Crippen molar-refractivity contribution in [2.24, 2.45) is 0 Å². The molecule has 0 amide bonds. The maximum absolute atomic E-state index is 4.47. The van der Waals surface area contributed by atoms with Crippen LogP contribution in [0, 0.1) is 6.92 Å². The monoisotopic (exact) mass is 249 g/mol. The van der Waals surface area contributed by atoms with Crippen LogP contribution in [0.25, 0.3) is 31.1 Å². The Morgan fingerprint density at radius 3 is 2.56 bits per heavy atom. The first-order valence-electron chi connectivity index (χ1n) is 6.00. The van der Waals surface area contributed by atoms with Crippen molar-refractivity contribution >= 4 is 42.4 Å². The fourth-order valence-electron chi connectivity index (χ4n) is 2.61. The van der Waals surface area contributed by atoms with E-state index < -0.39 is 0 Å². The van der Waals surface area contributed by atoms with Gasteiger partial charge in [0.05, 0.1) is 0 Å². The van der Waals surface area contributed by atoms with Gasteiger partial charge in [0, 0.05) is 21.7 Å². The third-order valence-corrected chi connectivity index (χ3v) is 4.62. The highest BCUT2D eigenvalue weighted by Crippen LogP contribution is 2.38. The van der Waals surface area contributed by atoms with Crippen molar-refractivity contribution in [1.82, 2.24) is 4.98 Å². The molecule has 0 aliphatic heterocycles. The van der Waals surface area contributed by atoms with E-state index >= 15 is 0 Å². The number of thiophene rings is 1. The van der Waals surface area contributed by atoms with Crippen LogP contribution in [0.2, 0.25) is 0 Å². The highest BCUT2D eigenvalue weighted by atomic mass is 32.1. The van der Waals surface area contributed by atoms with E-state index in [1.54, 1.807) is 11.3 Å². The Kier molecular flexibility index (Phi) is 1.97. The van der Waals surface area contributed by atoms with Crippen molar-refractivity contribution in [3.05, 3.63) is 54.2 Å². The molecule has 0 saturated heterocycles. The van der Waals surface area contributed by atoms with Crippen LogP contribution in [0.3, 0.4) is 0 Å². The molecule has 2 heteroatoms. The zero-order chi connectivity index (χ0) is 12.1. The lowest BCUT2D eigenvalue weighted by molar-refractivity contribution is 1.45. The first kappa shape index (κ1) is 10.0. The molecule has 0 N–H and O–H groups in total. The molecule has 0 atom stereocenters. The van der Waals surface area contributed by atoms with E-state index in [1.807, 2.05) is 12.3 Å². The number of nitrogens with zero attached hydrogens (tertiary/aromatic N) is 1. The molecule has 0 saturated carbocycles. The van der Waals surface area contributed by atoms with Gasteiger partial charge in [0.15, 0.2) is 0 Å². The molecule has 4 rings (SSSR count). The maximum Gasteiger partial charge on any atom is 0.124 e. The minimum Gasteiger partial charge on any atom is -0.245 e. The van der Waals surface area contributed by atoms with Gasteiger partial charge >= 0.3 is 0 Å². The second kappa shape index (κ2) is 3.53. The molecule has 0 radical (unpaired) electrons. The van der Waals surface area contributed by atoms with E-state index in [2.05, 4.69) is 48.3 Å². The topological polar surface area (TPSA) is 12.9 Å². The number of hydrogen-bond acceptors (Lipinski definition) is 2. The highest BCUT2D eigenvalue weighted by molar-refractivity contribution is 7.26. The number of hydrogen-bond donors (Lipinski definition) is 0. The molecule has 0 spiro atoms. The van der Waals surface area contributed by atoms with E-state index in [1.165, 1.54) is 31.8 Å². The molecule has 2 aromatic heterocycles. The molecule has 0 aliphatic rings. The molecule has 2 aromatic carbocycles. The van der Waals surface area contributed by atoms with Crippen LogP contribution in [-0.4, -0.2) is 4.98 Å². The molecule has 86 valence electrons. The lowest BCUT2D eigenvalue weighted by Gasteiger charge is -2.03. The smallest absolute Gasteiger partial charge is 0.124 e. The van der Waals surface area contributed by atoms with Crippen LogP contribution in [0.1, 0.15) is 5.56 Å². The van der Waals surface area contributed by atoms with Crippen molar-refractivity contribution in [2.75, 3.05) is 0 Å². The average molecular weight is 249 g/mol. The van der Waals surface area contributed by atoms with Crippen molar-refractivity contribution in [3.63, 3.8) is 0 Å². The van der Waals surface area contributed by atoms with Crippen LogP contribution in [0.15, 0.2) is 48.7 Å². The van der Waals surface area contributed by atoms with Crippen LogP contribution in [0.4, 0.5) is 0 Å².